The summed E-state index contributed by atoms with van der Waals surface area (Å²) in [6.45, 7) is 0. The quantitative estimate of drug-likeness (QED) is 0.698. The summed E-state index contributed by atoms with van der Waals surface area (Å²) in [5, 5.41) is 2.12. The molecule has 0 bridgehead atoms. The third-order valence-electron chi connectivity index (χ3n) is 3.20. The number of thiazole rings is 1. The van der Waals surface area contributed by atoms with Crippen molar-refractivity contribution in [2.75, 3.05) is 0 Å². The molecule has 0 N–H and O–H groups in total. The van der Waals surface area contributed by atoms with Crippen LogP contribution < -0.4 is 0 Å². The molecule has 3 heteroatoms. The maximum atomic E-state index is 4.44. The van der Waals surface area contributed by atoms with Crippen LogP contribution in [0.2, 0.25) is 0 Å². The minimum Gasteiger partial charge on any atom is -0.294 e. The zero-order valence-electron chi connectivity index (χ0n) is 8.15. The van der Waals surface area contributed by atoms with Crippen molar-refractivity contribution >= 4 is 16.3 Å². The minimum absolute atomic E-state index is 0.758. The van der Waals surface area contributed by atoms with Crippen LogP contribution in [0.4, 0.5) is 0 Å². The summed E-state index contributed by atoms with van der Waals surface area (Å²) in [5.74, 6) is 0.758. The maximum Gasteiger partial charge on any atom is 0.193 e. The van der Waals surface area contributed by atoms with Gasteiger partial charge in [-0.15, -0.1) is 11.3 Å². The number of rotatable bonds is 1. The molecule has 0 atom stereocenters. The smallest absolute Gasteiger partial charge is 0.193 e. The van der Waals surface area contributed by atoms with Gasteiger partial charge < -0.3 is 0 Å². The van der Waals surface area contributed by atoms with E-state index >= 15 is 0 Å². The molecule has 3 rings (SSSR count). The summed E-state index contributed by atoms with van der Waals surface area (Å²) in [4.78, 5) is 5.58. The first-order chi connectivity index (χ1) is 6.95. The molecule has 1 fully saturated rings. The Morgan fingerprint density at radius 3 is 3.00 bits per heavy atom. The zero-order chi connectivity index (χ0) is 9.38. The lowest BCUT2D eigenvalue weighted by Crippen LogP contribution is -2.06. The van der Waals surface area contributed by atoms with E-state index in [1.54, 1.807) is 11.3 Å². The number of nitrogens with zero attached hydrogens (tertiary/aromatic N) is 2. The van der Waals surface area contributed by atoms with Crippen molar-refractivity contribution < 1.29 is 0 Å². The molecule has 0 aromatic carbocycles. The molecule has 2 aromatic rings. The van der Waals surface area contributed by atoms with Gasteiger partial charge in [-0.3, -0.25) is 4.40 Å². The zero-order valence-corrected chi connectivity index (χ0v) is 8.96. The van der Waals surface area contributed by atoms with E-state index in [9.17, 15) is 0 Å². The third kappa shape index (κ3) is 1.27. The molecule has 74 valence electrons. The SMILES string of the molecule is c1cn2c(C3CCCCC3)cnc2s1. The second-order valence-electron chi connectivity index (χ2n) is 4.07. The van der Waals surface area contributed by atoms with Gasteiger partial charge >= 0.3 is 0 Å². The highest BCUT2D eigenvalue weighted by Crippen LogP contribution is 2.33. The van der Waals surface area contributed by atoms with Crippen LogP contribution in [-0.4, -0.2) is 9.38 Å². The molecule has 14 heavy (non-hydrogen) atoms. The molecule has 2 heterocycles. The summed E-state index contributed by atoms with van der Waals surface area (Å²) in [6, 6.07) is 0. The van der Waals surface area contributed by atoms with Gasteiger partial charge in [0.2, 0.25) is 0 Å². The molecule has 1 aliphatic rings. The van der Waals surface area contributed by atoms with E-state index in [1.807, 2.05) is 0 Å². The topological polar surface area (TPSA) is 17.3 Å². The van der Waals surface area contributed by atoms with Gasteiger partial charge in [-0.2, -0.15) is 0 Å². The van der Waals surface area contributed by atoms with E-state index in [1.165, 1.54) is 37.8 Å². The van der Waals surface area contributed by atoms with Gasteiger partial charge in [-0.25, -0.2) is 4.98 Å². The van der Waals surface area contributed by atoms with Crippen LogP contribution in [0.15, 0.2) is 17.8 Å². The Hall–Kier alpha value is -0.830. The normalized spacial score (nSPS) is 19.1. The van der Waals surface area contributed by atoms with Crippen LogP contribution in [0.5, 0.6) is 0 Å². The Bertz CT molecular complexity index is 423. The van der Waals surface area contributed by atoms with Crippen LogP contribution >= 0.6 is 11.3 Å². The molecule has 1 saturated carbocycles. The summed E-state index contributed by atoms with van der Waals surface area (Å²) in [6.07, 6.45) is 11.1. The molecule has 0 spiro atoms. The second-order valence-corrected chi connectivity index (χ2v) is 4.95. The molecule has 0 unspecified atom stereocenters. The van der Waals surface area contributed by atoms with Gasteiger partial charge in [0.15, 0.2) is 4.96 Å². The van der Waals surface area contributed by atoms with Crippen LogP contribution in [0.1, 0.15) is 43.7 Å². The summed E-state index contributed by atoms with van der Waals surface area (Å²) < 4.78 is 2.26. The Balaban J connectivity index is 1.99. The summed E-state index contributed by atoms with van der Waals surface area (Å²) in [5.41, 5.74) is 1.43. The highest BCUT2D eigenvalue weighted by atomic mass is 32.1. The van der Waals surface area contributed by atoms with Crippen LogP contribution in [-0.2, 0) is 0 Å². The van der Waals surface area contributed by atoms with Gasteiger partial charge in [0.1, 0.15) is 0 Å². The fourth-order valence-electron chi connectivity index (χ4n) is 2.45. The lowest BCUT2D eigenvalue weighted by Gasteiger charge is -2.20. The average Bonchev–Trinajstić information content (AvgIpc) is 2.79. The number of hydrogen-bond acceptors (Lipinski definition) is 2. The van der Waals surface area contributed by atoms with Crippen molar-refractivity contribution in [2.24, 2.45) is 0 Å². The number of imidazole rings is 1. The van der Waals surface area contributed by atoms with E-state index in [0.29, 0.717) is 0 Å². The molecule has 0 aliphatic heterocycles. The Morgan fingerprint density at radius 1 is 1.29 bits per heavy atom. The standard InChI is InChI=1S/C11H14N2S/c1-2-4-9(5-3-1)10-8-12-11-13(10)6-7-14-11/h6-9H,1-5H2. The molecule has 0 saturated heterocycles. The van der Waals surface area contributed by atoms with Crippen molar-refractivity contribution in [3.05, 3.63) is 23.5 Å². The van der Waals surface area contributed by atoms with Gasteiger partial charge in [-0.05, 0) is 12.8 Å². The lowest BCUT2D eigenvalue weighted by molar-refractivity contribution is 0.435. The second kappa shape index (κ2) is 3.39. The Morgan fingerprint density at radius 2 is 2.14 bits per heavy atom. The fraction of sp³-hybridized carbons (Fsp3) is 0.545. The Kier molecular flexibility index (Phi) is 2.05. The van der Waals surface area contributed by atoms with E-state index < -0.39 is 0 Å². The molecule has 2 nitrogen and oxygen atoms in total. The van der Waals surface area contributed by atoms with Gasteiger partial charge in [0.25, 0.3) is 0 Å². The van der Waals surface area contributed by atoms with Crippen molar-refractivity contribution in [1.29, 1.82) is 0 Å². The van der Waals surface area contributed by atoms with Crippen LogP contribution in [0, 0.1) is 0 Å². The highest BCUT2D eigenvalue weighted by molar-refractivity contribution is 7.15. The monoisotopic (exact) mass is 206 g/mol. The molecule has 1 aliphatic carbocycles. The first-order valence-electron chi connectivity index (χ1n) is 5.35. The van der Waals surface area contributed by atoms with E-state index in [0.717, 1.165) is 10.9 Å². The van der Waals surface area contributed by atoms with Crippen LogP contribution in [0.3, 0.4) is 0 Å². The van der Waals surface area contributed by atoms with E-state index in [2.05, 4.69) is 27.2 Å². The van der Waals surface area contributed by atoms with Gasteiger partial charge in [0, 0.05) is 23.2 Å². The van der Waals surface area contributed by atoms with Crippen molar-refractivity contribution in [3.63, 3.8) is 0 Å². The van der Waals surface area contributed by atoms with Gasteiger partial charge in [-0.1, -0.05) is 19.3 Å². The first-order valence-corrected chi connectivity index (χ1v) is 6.23. The largest absolute Gasteiger partial charge is 0.294 e. The van der Waals surface area contributed by atoms with Crippen molar-refractivity contribution in [3.8, 4) is 0 Å². The minimum atomic E-state index is 0.758. The number of aromatic nitrogens is 2. The molecule has 2 aromatic heterocycles. The molecule has 0 radical (unpaired) electrons. The predicted octanol–water partition coefficient (Wildman–Crippen LogP) is 3.44. The summed E-state index contributed by atoms with van der Waals surface area (Å²) in [7, 11) is 0. The highest BCUT2D eigenvalue weighted by Gasteiger charge is 2.18. The number of fused-ring (bicyclic) bond motifs is 1. The molecule has 0 amide bonds. The lowest BCUT2D eigenvalue weighted by atomic mass is 9.87. The first kappa shape index (κ1) is 8.48. The number of hydrogen-bond donors (Lipinski definition) is 0. The van der Waals surface area contributed by atoms with Crippen molar-refractivity contribution in [2.45, 2.75) is 38.0 Å². The van der Waals surface area contributed by atoms with Gasteiger partial charge in [0.05, 0.1) is 6.20 Å². The van der Waals surface area contributed by atoms with Crippen molar-refractivity contribution in [1.82, 2.24) is 9.38 Å². The average molecular weight is 206 g/mol. The predicted molar refractivity (Wildman–Crippen MR) is 58.9 cm³/mol. The van der Waals surface area contributed by atoms with E-state index in [4.69, 9.17) is 0 Å². The van der Waals surface area contributed by atoms with Crippen LogP contribution in [0.25, 0.3) is 4.96 Å². The van der Waals surface area contributed by atoms with E-state index in [-0.39, 0.29) is 0 Å². The Labute approximate surface area is 87.6 Å². The molecular formula is C11H14N2S. The molecular weight excluding hydrogens is 192 g/mol. The summed E-state index contributed by atoms with van der Waals surface area (Å²) >= 11 is 1.72. The maximum absolute atomic E-state index is 4.44. The third-order valence-corrected chi connectivity index (χ3v) is 3.97. The fourth-order valence-corrected chi connectivity index (χ4v) is 3.14.